The number of cyclic esters (lactones) is 1. The molecule has 0 fully saturated rings. The largest absolute Gasteiger partial charge is 0.456 e. The number of aliphatic hydroxyl groups excluding tert-OH is 1. The molecule has 1 aromatic rings. The Kier molecular flexibility index (Phi) is 10.2. The summed E-state index contributed by atoms with van der Waals surface area (Å²) >= 11 is 1.56. The summed E-state index contributed by atoms with van der Waals surface area (Å²) in [7, 11) is 0. The van der Waals surface area contributed by atoms with Gasteiger partial charge in [0, 0.05) is 17.7 Å². The summed E-state index contributed by atoms with van der Waals surface area (Å²) in [5, 5.41) is 25.0. The van der Waals surface area contributed by atoms with Gasteiger partial charge in [-0.2, -0.15) is 5.06 Å². The third-order valence-corrected chi connectivity index (χ3v) is 7.53. The number of thiazole rings is 1. The first kappa shape index (κ1) is 28.4. The van der Waals surface area contributed by atoms with Crippen molar-refractivity contribution in [2.45, 2.75) is 91.9 Å². The normalized spacial score (nSPS) is 29.0. The number of aromatic nitrogens is 1. The number of aliphatic hydroxyl groups is 1. The molecular weight excluding hydrogens is 452 g/mol. The molecule has 0 aliphatic carbocycles. The first-order chi connectivity index (χ1) is 15.8. The van der Waals surface area contributed by atoms with E-state index in [-0.39, 0.29) is 11.7 Å². The topological polar surface area (TPSA) is 100.0 Å². The maximum absolute atomic E-state index is 13.1. The van der Waals surface area contributed by atoms with Crippen LogP contribution in [-0.4, -0.2) is 56.4 Å². The quantitative estimate of drug-likeness (QED) is 0.445. The highest BCUT2D eigenvalue weighted by molar-refractivity contribution is 7.09. The molecule has 2 rings (SSSR count). The maximum atomic E-state index is 13.1. The lowest BCUT2D eigenvalue weighted by molar-refractivity contribution is -0.191. The van der Waals surface area contributed by atoms with Gasteiger partial charge in [-0.1, -0.05) is 25.5 Å². The van der Waals surface area contributed by atoms with Crippen LogP contribution in [0.2, 0.25) is 0 Å². The van der Waals surface area contributed by atoms with Gasteiger partial charge in [0.2, 0.25) is 0 Å². The summed E-state index contributed by atoms with van der Waals surface area (Å²) in [4.78, 5) is 30.4. The molecule has 4 atom stereocenters. The van der Waals surface area contributed by atoms with E-state index in [1.165, 1.54) is 5.57 Å². The molecule has 0 radical (unpaired) electrons. The van der Waals surface area contributed by atoms with Crippen molar-refractivity contribution in [2.24, 2.45) is 11.8 Å². The van der Waals surface area contributed by atoms with Crippen LogP contribution < -0.4 is 0 Å². The number of nitrogens with zero attached hydrogens (tertiary/aromatic N) is 2. The van der Waals surface area contributed by atoms with Gasteiger partial charge in [-0.3, -0.25) is 9.59 Å². The molecule has 0 amide bonds. The van der Waals surface area contributed by atoms with Crippen LogP contribution in [0.15, 0.2) is 22.6 Å². The fourth-order valence-electron chi connectivity index (χ4n) is 4.23. The molecule has 7 nitrogen and oxygen atoms in total. The number of ether oxygens (including phenoxy) is 1. The average Bonchev–Trinajstić information content (AvgIpc) is 3.18. The number of hydrogen-bond acceptors (Lipinski definition) is 8. The lowest BCUT2D eigenvalue weighted by Gasteiger charge is -2.36. The van der Waals surface area contributed by atoms with Crippen molar-refractivity contribution in [3.63, 3.8) is 0 Å². The van der Waals surface area contributed by atoms with Crippen LogP contribution >= 0.6 is 11.3 Å². The Balaban J connectivity index is 2.33. The van der Waals surface area contributed by atoms with Crippen LogP contribution in [0.3, 0.4) is 0 Å². The Morgan fingerprint density at radius 2 is 1.97 bits per heavy atom. The first-order valence-corrected chi connectivity index (χ1v) is 12.8. The van der Waals surface area contributed by atoms with Crippen LogP contribution in [0.25, 0.3) is 6.08 Å². The molecule has 2 N–H and O–H groups in total. The summed E-state index contributed by atoms with van der Waals surface area (Å²) in [6.45, 7) is 12.2. The smallest absolute Gasteiger partial charge is 0.323 e. The van der Waals surface area contributed by atoms with Crippen molar-refractivity contribution < 1.29 is 24.6 Å². The van der Waals surface area contributed by atoms with Gasteiger partial charge in [0.25, 0.3) is 0 Å². The molecule has 0 aromatic carbocycles. The van der Waals surface area contributed by atoms with E-state index in [0.29, 0.717) is 6.42 Å². The van der Waals surface area contributed by atoms with Crippen molar-refractivity contribution in [3.8, 4) is 0 Å². The Morgan fingerprint density at radius 3 is 2.59 bits per heavy atom. The first-order valence-electron chi connectivity index (χ1n) is 12.0. The Labute approximate surface area is 207 Å². The number of ketones is 1. The fourth-order valence-corrected chi connectivity index (χ4v) is 4.80. The van der Waals surface area contributed by atoms with Gasteiger partial charge in [-0.15, -0.1) is 11.3 Å². The molecule has 1 aliphatic heterocycles. The van der Waals surface area contributed by atoms with Gasteiger partial charge in [0.15, 0.2) is 5.78 Å². The van der Waals surface area contributed by atoms with Crippen molar-refractivity contribution in [1.29, 1.82) is 0 Å². The zero-order chi connectivity index (χ0) is 25.6. The molecule has 34 heavy (non-hydrogen) atoms. The van der Waals surface area contributed by atoms with Crippen LogP contribution in [0.4, 0.5) is 0 Å². The average molecular weight is 493 g/mol. The number of hydrogen-bond donors (Lipinski definition) is 2. The predicted molar refractivity (Wildman–Crippen MR) is 135 cm³/mol. The summed E-state index contributed by atoms with van der Waals surface area (Å²) in [5.41, 5.74) is 1.50. The van der Waals surface area contributed by atoms with E-state index in [2.05, 4.69) is 18.0 Å². The highest BCUT2D eigenvalue weighted by Crippen LogP contribution is 2.27. The molecule has 0 bridgehead atoms. The fraction of sp³-hybridized carbons (Fsp3) is 0.654. The maximum Gasteiger partial charge on any atom is 0.323 e. The SMILES string of the molecule is CC1=CCC(C(C)=Cc2csc(C)n2)OC(=O)CN(O)C(C)(C)C(=O)C(C)C(O)C(C)CCC1. The standard InChI is InChI=1S/C26H40N2O5S/c1-16-9-8-10-17(2)24(30)19(4)25(31)26(6,7)28(32)14-23(29)33-22(12-11-16)18(3)13-21-15-34-20(5)27-21/h11,13,15,17,19,22,24,30,32H,8-10,12,14H2,1-7H3. The van der Waals surface area contributed by atoms with E-state index in [9.17, 15) is 19.9 Å². The predicted octanol–water partition coefficient (Wildman–Crippen LogP) is 4.96. The van der Waals surface area contributed by atoms with Crippen LogP contribution in [-0.2, 0) is 14.3 Å². The molecule has 0 saturated carbocycles. The van der Waals surface area contributed by atoms with Crippen LogP contribution in [0.5, 0.6) is 0 Å². The molecule has 190 valence electrons. The summed E-state index contributed by atoms with van der Waals surface area (Å²) in [5.74, 6) is -1.70. The number of carbonyl (C=O) groups is 2. The van der Waals surface area contributed by atoms with Crippen molar-refractivity contribution in [1.82, 2.24) is 10.0 Å². The van der Waals surface area contributed by atoms with Crippen molar-refractivity contribution in [2.75, 3.05) is 6.54 Å². The van der Waals surface area contributed by atoms with Crippen LogP contribution in [0, 0.1) is 18.8 Å². The van der Waals surface area contributed by atoms with E-state index in [1.807, 2.05) is 32.2 Å². The molecule has 2 heterocycles. The molecular formula is C26H40N2O5S. The van der Waals surface area contributed by atoms with Crippen molar-refractivity contribution in [3.05, 3.63) is 33.3 Å². The highest BCUT2D eigenvalue weighted by atomic mass is 32.1. The zero-order valence-electron chi connectivity index (χ0n) is 21.5. The second-order valence-electron chi connectivity index (χ2n) is 10.1. The lowest BCUT2D eigenvalue weighted by Crippen LogP contribution is -2.54. The number of Topliss-reactive ketones (excluding diaryl/α,β-unsaturated/α-hetero) is 1. The molecule has 4 unspecified atom stereocenters. The Hall–Kier alpha value is -1.87. The Morgan fingerprint density at radius 1 is 1.29 bits per heavy atom. The minimum atomic E-state index is -1.36. The molecule has 0 saturated heterocycles. The lowest BCUT2D eigenvalue weighted by atomic mass is 9.81. The molecule has 1 aromatic heterocycles. The van der Waals surface area contributed by atoms with E-state index >= 15 is 0 Å². The van der Waals surface area contributed by atoms with E-state index < -0.39 is 36.2 Å². The van der Waals surface area contributed by atoms with Gasteiger partial charge < -0.3 is 15.1 Å². The highest BCUT2D eigenvalue weighted by Gasteiger charge is 2.41. The number of hydroxylamine groups is 2. The number of allylic oxidation sites excluding steroid dienone is 1. The summed E-state index contributed by atoms with van der Waals surface area (Å²) in [6, 6.07) is 0. The number of rotatable bonds is 2. The monoisotopic (exact) mass is 492 g/mol. The van der Waals surface area contributed by atoms with E-state index in [4.69, 9.17) is 4.74 Å². The number of aryl methyl sites for hydroxylation is 1. The van der Waals surface area contributed by atoms with Gasteiger partial charge in [-0.05, 0) is 71.4 Å². The minimum Gasteiger partial charge on any atom is -0.456 e. The van der Waals surface area contributed by atoms with Gasteiger partial charge in [-0.25, -0.2) is 4.98 Å². The second kappa shape index (κ2) is 12.2. The molecule has 0 spiro atoms. The van der Waals surface area contributed by atoms with Gasteiger partial charge in [0.1, 0.15) is 12.6 Å². The van der Waals surface area contributed by atoms with E-state index in [0.717, 1.165) is 40.6 Å². The van der Waals surface area contributed by atoms with E-state index in [1.54, 1.807) is 32.1 Å². The third kappa shape index (κ3) is 7.57. The van der Waals surface area contributed by atoms with Gasteiger partial charge >= 0.3 is 5.97 Å². The zero-order valence-corrected chi connectivity index (χ0v) is 22.3. The second-order valence-corrected chi connectivity index (χ2v) is 11.1. The number of esters is 1. The minimum absolute atomic E-state index is 0.0629. The third-order valence-electron chi connectivity index (χ3n) is 6.74. The van der Waals surface area contributed by atoms with Gasteiger partial charge in [0.05, 0.1) is 22.3 Å². The molecule has 8 heteroatoms. The van der Waals surface area contributed by atoms with Crippen LogP contribution in [0.1, 0.15) is 77.9 Å². The van der Waals surface area contributed by atoms with Crippen molar-refractivity contribution >= 4 is 29.2 Å². The molecule has 1 aliphatic rings. The summed E-state index contributed by atoms with van der Waals surface area (Å²) in [6.07, 6.45) is 5.71. The Bertz CT molecular complexity index is 920. The summed E-state index contributed by atoms with van der Waals surface area (Å²) < 4.78 is 5.77. The number of carbonyl (C=O) groups excluding carboxylic acids is 2.